The van der Waals surface area contributed by atoms with Gasteiger partial charge in [-0.25, -0.2) is 0 Å². The molecule has 1 N–H and O–H groups in total. The number of rotatable bonds is 0. The fourth-order valence-electron chi connectivity index (χ4n) is 0. The molecule has 82 valence electrons. The molecule has 0 aromatic heterocycles. The monoisotopic (exact) mass is 240 g/mol. The van der Waals surface area contributed by atoms with Crippen LogP contribution in [0.4, 0.5) is 13.2 Å². The first kappa shape index (κ1) is 15.5. The minimum atomic E-state index is -5.84. The molecule has 0 atom stereocenters. The Morgan fingerprint density at radius 3 is 1.23 bits per heavy atom. The maximum atomic E-state index is 10.7. The van der Waals surface area contributed by atoms with E-state index in [-0.39, 0.29) is 4.75 Å². The average Bonchev–Trinajstić information content (AvgIpc) is 1.50. The van der Waals surface area contributed by atoms with Crippen LogP contribution >= 0.6 is 12.6 Å². The van der Waals surface area contributed by atoms with E-state index in [0.717, 1.165) is 0 Å². The van der Waals surface area contributed by atoms with E-state index in [0.29, 0.717) is 0 Å². The van der Waals surface area contributed by atoms with Crippen molar-refractivity contribution in [2.24, 2.45) is 0 Å². The van der Waals surface area contributed by atoms with Gasteiger partial charge in [-0.1, -0.05) is 20.8 Å². The Hall–Kier alpha value is 0.0500. The predicted molar refractivity (Wildman–Crippen MR) is 46.3 cm³/mol. The largest absolute Gasteiger partial charge is 0.522 e. The van der Waals surface area contributed by atoms with E-state index in [2.05, 4.69) is 33.4 Å². The molecule has 0 saturated heterocycles. The minimum Gasteiger partial charge on any atom is -0.279 e. The standard InChI is InChI=1S/C4H10S.CHF3O3S/c1-4(2,3)5;2-1(3,4)8(5,6)7/h5H,1-3H3;(H,5,6,7). The molecule has 0 aliphatic rings. The molecule has 0 unspecified atom stereocenters. The quantitative estimate of drug-likeness (QED) is 0.387. The van der Waals surface area contributed by atoms with Gasteiger partial charge in [0.05, 0.1) is 0 Å². The van der Waals surface area contributed by atoms with Crippen LogP contribution in [0.15, 0.2) is 0 Å². The van der Waals surface area contributed by atoms with Crippen molar-refractivity contribution < 1.29 is 26.1 Å². The van der Waals surface area contributed by atoms with Crippen molar-refractivity contribution in [1.29, 1.82) is 0 Å². The van der Waals surface area contributed by atoms with Crippen LogP contribution in [-0.2, 0) is 10.1 Å². The van der Waals surface area contributed by atoms with Gasteiger partial charge in [-0.05, 0) is 0 Å². The van der Waals surface area contributed by atoms with E-state index in [1.807, 2.05) is 0 Å². The highest BCUT2D eigenvalue weighted by molar-refractivity contribution is 7.86. The molecule has 0 heterocycles. The first-order chi connectivity index (χ1) is 5.25. The van der Waals surface area contributed by atoms with Gasteiger partial charge in [0, 0.05) is 4.75 Å². The Bertz CT molecular complexity index is 231. The van der Waals surface area contributed by atoms with Gasteiger partial charge in [0.1, 0.15) is 0 Å². The highest BCUT2D eigenvalue weighted by atomic mass is 32.2. The van der Waals surface area contributed by atoms with E-state index in [4.69, 9.17) is 13.0 Å². The summed E-state index contributed by atoms with van der Waals surface area (Å²) in [4.78, 5) is 0. The fourth-order valence-corrected chi connectivity index (χ4v) is 0. The highest BCUT2D eigenvalue weighted by Gasteiger charge is 2.44. The Kier molecular flexibility index (Phi) is 5.39. The average molecular weight is 240 g/mol. The molecule has 0 aromatic rings. The number of thiol groups is 1. The van der Waals surface area contributed by atoms with E-state index in [1.165, 1.54) is 0 Å². The normalized spacial score (nSPS) is 13.2. The molecule has 0 spiro atoms. The van der Waals surface area contributed by atoms with Crippen LogP contribution in [0, 0.1) is 0 Å². The summed E-state index contributed by atoms with van der Waals surface area (Å²) in [5.41, 5.74) is -5.53. The van der Waals surface area contributed by atoms with Gasteiger partial charge in [-0.2, -0.15) is 34.2 Å². The first-order valence-electron chi connectivity index (χ1n) is 3.01. The third kappa shape index (κ3) is 14.9. The van der Waals surface area contributed by atoms with Crippen molar-refractivity contribution >= 4 is 22.7 Å². The van der Waals surface area contributed by atoms with Crippen molar-refractivity contribution in [1.82, 2.24) is 0 Å². The third-order valence-electron chi connectivity index (χ3n) is 0.292. The summed E-state index contributed by atoms with van der Waals surface area (Å²) >= 11 is 4.12. The summed E-state index contributed by atoms with van der Waals surface area (Å²) < 4.78 is 57.7. The van der Waals surface area contributed by atoms with E-state index in [1.54, 1.807) is 0 Å². The van der Waals surface area contributed by atoms with Crippen molar-refractivity contribution in [2.75, 3.05) is 0 Å². The molecule has 0 fully saturated rings. The molecule has 0 amide bonds. The summed E-state index contributed by atoms with van der Waals surface area (Å²) in [5, 5.41) is 0. The second-order valence-corrected chi connectivity index (χ2v) is 5.85. The van der Waals surface area contributed by atoms with Crippen LogP contribution in [0.25, 0.3) is 0 Å². The van der Waals surface area contributed by atoms with Crippen LogP contribution in [-0.4, -0.2) is 23.2 Å². The zero-order valence-electron chi connectivity index (χ0n) is 7.25. The van der Waals surface area contributed by atoms with E-state index < -0.39 is 15.6 Å². The highest BCUT2D eigenvalue weighted by Crippen LogP contribution is 2.20. The van der Waals surface area contributed by atoms with Crippen molar-refractivity contribution in [3.63, 3.8) is 0 Å². The Balaban J connectivity index is 0. The lowest BCUT2D eigenvalue weighted by Crippen LogP contribution is -2.21. The number of hydrogen-bond acceptors (Lipinski definition) is 3. The van der Waals surface area contributed by atoms with Gasteiger partial charge in [0.2, 0.25) is 0 Å². The lowest BCUT2D eigenvalue weighted by molar-refractivity contribution is -0.0510. The summed E-state index contributed by atoms with van der Waals surface area (Å²) in [7, 11) is -5.84. The molecule has 8 heteroatoms. The van der Waals surface area contributed by atoms with Crippen molar-refractivity contribution in [2.45, 2.75) is 31.0 Å². The Morgan fingerprint density at radius 2 is 1.23 bits per heavy atom. The SMILES string of the molecule is CC(C)(C)S.O=S(=O)(O)C(F)(F)F. The Labute approximate surface area is 80.5 Å². The second kappa shape index (κ2) is 4.52. The molecule has 0 radical (unpaired) electrons. The van der Waals surface area contributed by atoms with Crippen LogP contribution in [0.3, 0.4) is 0 Å². The zero-order chi connectivity index (χ0) is 11.5. The van der Waals surface area contributed by atoms with Crippen LogP contribution < -0.4 is 0 Å². The smallest absolute Gasteiger partial charge is 0.279 e. The van der Waals surface area contributed by atoms with E-state index in [9.17, 15) is 13.2 Å². The number of hydrogen-bond donors (Lipinski definition) is 2. The zero-order valence-corrected chi connectivity index (χ0v) is 8.96. The summed E-state index contributed by atoms with van der Waals surface area (Å²) in [5.74, 6) is 0. The second-order valence-electron chi connectivity index (χ2n) is 3.09. The van der Waals surface area contributed by atoms with Gasteiger partial charge in [-0.3, -0.25) is 4.55 Å². The maximum absolute atomic E-state index is 10.7. The molecule has 0 saturated carbocycles. The predicted octanol–water partition coefficient (Wildman–Crippen LogP) is 2.11. The molecule has 0 bridgehead atoms. The summed E-state index contributed by atoms with van der Waals surface area (Å²) in [6.45, 7) is 6.16. The van der Waals surface area contributed by atoms with Crippen LogP contribution in [0.1, 0.15) is 20.8 Å². The number of halogens is 3. The third-order valence-corrected chi connectivity index (χ3v) is 0.877. The molecule has 0 rings (SSSR count). The van der Waals surface area contributed by atoms with Crippen LogP contribution in [0.5, 0.6) is 0 Å². The lowest BCUT2D eigenvalue weighted by Gasteiger charge is -2.04. The fraction of sp³-hybridized carbons (Fsp3) is 1.00. The minimum absolute atomic E-state index is 0.194. The molecule has 0 aliphatic carbocycles. The molecule has 13 heavy (non-hydrogen) atoms. The van der Waals surface area contributed by atoms with Gasteiger partial charge >= 0.3 is 15.6 Å². The van der Waals surface area contributed by atoms with E-state index >= 15 is 0 Å². The molecule has 3 nitrogen and oxygen atoms in total. The maximum Gasteiger partial charge on any atom is 0.522 e. The van der Waals surface area contributed by atoms with Crippen molar-refractivity contribution in [3.05, 3.63) is 0 Å². The molecule has 0 aliphatic heterocycles. The summed E-state index contributed by atoms with van der Waals surface area (Å²) in [6.07, 6.45) is 0. The van der Waals surface area contributed by atoms with Gasteiger partial charge in [-0.15, -0.1) is 0 Å². The topological polar surface area (TPSA) is 54.4 Å². The van der Waals surface area contributed by atoms with Gasteiger partial charge in [0.25, 0.3) is 0 Å². The van der Waals surface area contributed by atoms with Gasteiger partial charge < -0.3 is 0 Å². The Morgan fingerprint density at radius 1 is 1.15 bits per heavy atom. The van der Waals surface area contributed by atoms with Crippen LogP contribution in [0.2, 0.25) is 0 Å². The molecule has 0 aromatic carbocycles. The number of alkyl halides is 3. The van der Waals surface area contributed by atoms with Crippen molar-refractivity contribution in [3.8, 4) is 0 Å². The molecular weight excluding hydrogens is 229 g/mol. The summed E-state index contributed by atoms with van der Waals surface area (Å²) in [6, 6.07) is 0. The first-order valence-corrected chi connectivity index (χ1v) is 4.90. The van der Waals surface area contributed by atoms with Gasteiger partial charge in [0.15, 0.2) is 0 Å². The lowest BCUT2D eigenvalue weighted by atomic mass is 10.3. The molecular formula is C5H11F3O3S2.